The van der Waals surface area contributed by atoms with E-state index in [1.54, 1.807) is 0 Å². The first-order valence-electron chi connectivity index (χ1n) is 5.66. The Morgan fingerprint density at radius 1 is 1.38 bits per heavy atom. The number of aliphatic hydroxyl groups excluding tert-OH is 1. The molecule has 0 radical (unpaired) electrons. The molecule has 1 rings (SSSR count). The van der Waals surface area contributed by atoms with Crippen molar-refractivity contribution in [2.75, 3.05) is 11.9 Å². The van der Waals surface area contributed by atoms with Crippen LogP contribution in [0.25, 0.3) is 0 Å². The van der Waals surface area contributed by atoms with E-state index in [4.69, 9.17) is 5.11 Å². The van der Waals surface area contributed by atoms with E-state index in [9.17, 15) is 0 Å². The molecule has 0 saturated heterocycles. The maximum Gasteiger partial charge on any atom is 0.128 e. The van der Waals surface area contributed by atoms with Crippen LogP contribution in [0.2, 0.25) is 0 Å². The summed E-state index contributed by atoms with van der Waals surface area (Å²) >= 11 is 0. The summed E-state index contributed by atoms with van der Waals surface area (Å²) in [6.45, 7) is 8.82. The summed E-state index contributed by atoms with van der Waals surface area (Å²) in [6, 6.07) is 6.12. The fraction of sp³-hybridized carbons (Fsp3) is 0.615. The number of rotatable bonds is 3. The molecule has 3 nitrogen and oxygen atoms in total. The van der Waals surface area contributed by atoms with Gasteiger partial charge in [0.05, 0.1) is 12.3 Å². The monoisotopic (exact) mass is 222 g/mol. The summed E-state index contributed by atoms with van der Waals surface area (Å²) in [5, 5.41) is 9.06. The van der Waals surface area contributed by atoms with Crippen LogP contribution in [0.15, 0.2) is 18.2 Å². The highest BCUT2D eigenvalue weighted by Crippen LogP contribution is 2.26. The van der Waals surface area contributed by atoms with Gasteiger partial charge in [-0.3, -0.25) is 0 Å². The minimum atomic E-state index is -0.00835. The van der Waals surface area contributed by atoms with Gasteiger partial charge >= 0.3 is 0 Å². The first kappa shape index (κ1) is 13.0. The third-order valence-corrected chi connectivity index (χ3v) is 3.15. The summed E-state index contributed by atoms with van der Waals surface area (Å²) < 4.78 is 0. The number of hydrogen-bond donors (Lipinski definition) is 1. The van der Waals surface area contributed by atoms with Gasteiger partial charge < -0.3 is 10.0 Å². The maximum atomic E-state index is 9.06. The van der Waals surface area contributed by atoms with Crippen molar-refractivity contribution < 1.29 is 5.11 Å². The summed E-state index contributed by atoms with van der Waals surface area (Å²) in [4.78, 5) is 6.55. The van der Waals surface area contributed by atoms with Gasteiger partial charge in [0, 0.05) is 13.1 Å². The van der Waals surface area contributed by atoms with Crippen LogP contribution in [0.4, 0.5) is 5.82 Å². The molecule has 0 fully saturated rings. The Labute approximate surface area is 98.1 Å². The second-order valence-corrected chi connectivity index (χ2v) is 5.30. The Bertz CT molecular complexity index is 344. The van der Waals surface area contributed by atoms with Crippen LogP contribution in [-0.4, -0.2) is 23.2 Å². The number of hydrogen-bond acceptors (Lipinski definition) is 3. The quantitative estimate of drug-likeness (QED) is 0.853. The van der Waals surface area contributed by atoms with Gasteiger partial charge in [0.1, 0.15) is 5.82 Å². The average Bonchev–Trinajstić information content (AvgIpc) is 2.26. The van der Waals surface area contributed by atoms with Crippen LogP contribution in [0.1, 0.15) is 33.4 Å². The molecular formula is C13H22N2O. The number of aliphatic hydroxyl groups is 1. The van der Waals surface area contributed by atoms with Crippen molar-refractivity contribution in [1.82, 2.24) is 4.98 Å². The lowest BCUT2D eigenvalue weighted by Crippen LogP contribution is -2.39. The smallest absolute Gasteiger partial charge is 0.128 e. The Hall–Kier alpha value is -1.09. The van der Waals surface area contributed by atoms with Gasteiger partial charge in [-0.05, 0) is 24.5 Å². The van der Waals surface area contributed by atoms with Gasteiger partial charge in [-0.1, -0.05) is 26.8 Å². The fourth-order valence-corrected chi connectivity index (χ4v) is 1.53. The first-order chi connectivity index (χ1) is 7.36. The van der Waals surface area contributed by atoms with Crippen molar-refractivity contribution in [3.8, 4) is 0 Å². The lowest BCUT2D eigenvalue weighted by molar-refractivity contribution is 0.276. The van der Waals surface area contributed by atoms with Gasteiger partial charge in [0.2, 0.25) is 0 Å². The molecule has 3 heteroatoms. The van der Waals surface area contributed by atoms with Crippen LogP contribution in [0.3, 0.4) is 0 Å². The van der Waals surface area contributed by atoms with E-state index < -0.39 is 0 Å². The molecule has 1 N–H and O–H groups in total. The average molecular weight is 222 g/mol. The normalized spacial score (nSPS) is 13.6. The molecule has 1 unspecified atom stereocenters. The minimum Gasteiger partial charge on any atom is -0.390 e. The molecule has 0 aromatic carbocycles. The SMILES string of the molecule is CC(N(C)c1cccc(CO)n1)C(C)(C)C. The molecule has 0 aliphatic carbocycles. The predicted octanol–water partition coefficient (Wildman–Crippen LogP) is 2.44. The number of pyridine rings is 1. The van der Waals surface area contributed by atoms with E-state index in [0.717, 1.165) is 5.82 Å². The van der Waals surface area contributed by atoms with Crippen molar-refractivity contribution >= 4 is 5.82 Å². The summed E-state index contributed by atoms with van der Waals surface area (Å²) in [5.74, 6) is 0.911. The van der Waals surface area contributed by atoms with E-state index in [-0.39, 0.29) is 12.0 Å². The highest BCUT2D eigenvalue weighted by atomic mass is 16.3. The minimum absolute atomic E-state index is 0.00835. The maximum absolute atomic E-state index is 9.06. The standard InChI is InChI=1S/C13H22N2O/c1-10(13(2,3)4)15(5)12-8-6-7-11(9-16)14-12/h6-8,10,16H,9H2,1-5H3. The van der Waals surface area contributed by atoms with E-state index in [1.807, 2.05) is 25.2 Å². The molecule has 1 heterocycles. The second kappa shape index (κ2) is 4.83. The molecular weight excluding hydrogens is 200 g/mol. The lowest BCUT2D eigenvalue weighted by Gasteiger charge is -2.36. The lowest BCUT2D eigenvalue weighted by atomic mass is 9.87. The molecule has 16 heavy (non-hydrogen) atoms. The Kier molecular flexibility index (Phi) is 3.92. The molecule has 90 valence electrons. The summed E-state index contributed by atoms with van der Waals surface area (Å²) in [7, 11) is 2.04. The van der Waals surface area contributed by atoms with Gasteiger partial charge in [-0.25, -0.2) is 4.98 Å². The van der Waals surface area contributed by atoms with Crippen LogP contribution < -0.4 is 4.90 Å². The largest absolute Gasteiger partial charge is 0.390 e. The third-order valence-electron chi connectivity index (χ3n) is 3.15. The molecule has 0 bridgehead atoms. The summed E-state index contributed by atoms with van der Waals surface area (Å²) in [6.07, 6.45) is 0. The zero-order chi connectivity index (χ0) is 12.3. The zero-order valence-corrected chi connectivity index (χ0v) is 10.9. The van der Waals surface area contributed by atoms with E-state index >= 15 is 0 Å². The van der Waals surface area contributed by atoms with Crippen molar-refractivity contribution in [1.29, 1.82) is 0 Å². The van der Waals surface area contributed by atoms with Gasteiger partial charge in [-0.15, -0.1) is 0 Å². The zero-order valence-electron chi connectivity index (χ0n) is 10.9. The molecule has 1 aromatic rings. The Morgan fingerprint density at radius 3 is 2.50 bits per heavy atom. The Morgan fingerprint density at radius 2 is 2.00 bits per heavy atom. The Balaban J connectivity index is 2.91. The van der Waals surface area contributed by atoms with Crippen molar-refractivity contribution in [2.24, 2.45) is 5.41 Å². The predicted molar refractivity (Wildman–Crippen MR) is 67.5 cm³/mol. The summed E-state index contributed by atoms with van der Waals surface area (Å²) in [5.41, 5.74) is 0.913. The number of nitrogens with zero attached hydrogens (tertiary/aromatic N) is 2. The van der Waals surface area contributed by atoms with Crippen LogP contribution in [-0.2, 0) is 6.61 Å². The van der Waals surface area contributed by atoms with E-state index in [2.05, 4.69) is 37.6 Å². The first-order valence-corrected chi connectivity index (χ1v) is 5.66. The second-order valence-electron chi connectivity index (χ2n) is 5.30. The molecule has 0 aliphatic rings. The topological polar surface area (TPSA) is 36.4 Å². The number of anilines is 1. The van der Waals surface area contributed by atoms with Gasteiger partial charge in [0.25, 0.3) is 0 Å². The van der Waals surface area contributed by atoms with E-state index in [1.165, 1.54) is 0 Å². The highest BCUT2D eigenvalue weighted by molar-refractivity contribution is 5.39. The van der Waals surface area contributed by atoms with Crippen LogP contribution in [0.5, 0.6) is 0 Å². The molecule has 0 saturated carbocycles. The molecule has 0 aliphatic heterocycles. The van der Waals surface area contributed by atoms with Gasteiger partial charge in [0.15, 0.2) is 0 Å². The van der Waals surface area contributed by atoms with Crippen molar-refractivity contribution in [3.63, 3.8) is 0 Å². The highest BCUT2D eigenvalue weighted by Gasteiger charge is 2.24. The molecule has 1 aromatic heterocycles. The van der Waals surface area contributed by atoms with Gasteiger partial charge in [-0.2, -0.15) is 0 Å². The van der Waals surface area contributed by atoms with Crippen molar-refractivity contribution in [2.45, 2.75) is 40.3 Å². The van der Waals surface area contributed by atoms with Crippen LogP contribution in [0, 0.1) is 5.41 Å². The van der Waals surface area contributed by atoms with E-state index in [0.29, 0.717) is 11.7 Å². The van der Waals surface area contributed by atoms with Crippen molar-refractivity contribution in [3.05, 3.63) is 23.9 Å². The molecule has 0 spiro atoms. The van der Waals surface area contributed by atoms with Crippen LogP contribution >= 0.6 is 0 Å². The molecule has 0 amide bonds. The third kappa shape index (κ3) is 2.95. The number of aromatic nitrogens is 1. The fourth-order valence-electron chi connectivity index (χ4n) is 1.53. The molecule has 1 atom stereocenters.